The highest BCUT2D eigenvalue weighted by molar-refractivity contribution is 5.03. The van der Waals surface area contributed by atoms with Crippen LogP contribution in [0.15, 0.2) is 0 Å². The molecular formula is C8H12O2. The molecular weight excluding hydrogens is 128 g/mol. The molecule has 0 aromatic carbocycles. The third-order valence-electron chi connectivity index (χ3n) is 3.55. The van der Waals surface area contributed by atoms with Crippen LogP contribution in [0.3, 0.4) is 0 Å². The monoisotopic (exact) mass is 140 g/mol. The summed E-state index contributed by atoms with van der Waals surface area (Å²) in [6, 6.07) is 0. The molecule has 1 N–H and O–H groups in total. The quantitative estimate of drug-likeness (QED) is 0.538. The summed E-state index contributed by atoms with van der Waals surface area (Å²) in [5.74, 6) is 2.17. The Labute approximate surface area is 60.2 Å². The van der Waals surface area contributed by atoms with Crippen LogP contribution in [0.5, 0.6) is 0 Å². The van der Waals surface area contributed by atoms with Crippen molar-refractivity contribution in [1.82, 2.24) is 0 Å². The first-order valence-corrected chi connectivity index (χ1v) is 4.20. The predicted molar refractivity (Wildman–Crippen MR) is 35.2 cm³/mol. The second kappa shape index (κ2) is 1.56. The summed E-state index contributed by atoms with van der Waals surface area (Å²) in [6.45, 7) is 0. The molecule has 0 radical (unpaired) electrons. The maximum atomic E-state index is 9.32. The zero-order valence-electron chi connectivity index (χ0n) is 5.86. The first-order valence-electron chi connectivity index (χ1n) is 4.20. The van der Waals surface area contributed by atoms with Gasteiger partial charge in [-0.2, -0.15) is 0 Å². The number of aliphatic hydroxyl groups is 1. The van der Waals surface area contributed by atoms with Gasteiger partial charge in [0.15, 0.2) is 6.29 Å². The van der Waals surface area contributed by atoms with Crippen LogP contribution in [0, 0.1) is 17.8 Å². The van der Waals surface area contributed by atoms with E-state index in [0.717, 1.165) is 11.8 Å². The van der Waals surface area contributed by atoms with E-state index in [2.05, 4.69) is 0 Å². The van der Waals surface area contributed by atoms with Crippen molar-refractivity contribution in [2.45, 2.75) is 31.7 Å². The molecule has 1 saturated heterocycles. The van der Waals surface area contributed by atoms with Gasteiger partial charge in [0.2, 0.25) is 0 Å². The summed E-state index contributed by atoms with van der Waals surface area (Å²) in [6.07, 6.45) is 3.79. The van der Waals surface area contributed by atoms with Crippen molar-refractivity contribution >= 4 is 0 Å². The molecule has 0 amide bonds. The van der Waals surface area contributed by atoms with E-state index in [0.29, 0.717) is 12.0 Å². The van der Waals surface area contributed by atoms with Gasteiger partial charge in [0.25, 0.3) is 0 Å². The minimum Gasteiger partial charge on any atom is -0.368 e. The van der Waals surface area contributed by atoms with Gasteiger partial charge in [0.1, 0.15) is 0 Å². The van der Waals surface area contributed by atoms with Crippen LogP contribution < -0.4 is 0 Å². The van der Waals surface area contributed by atoms with Crippen molar-refractivity contribution in [3.05, 3.63) is 0 Å². The zero-order chi connectivity index (χ0) is 6.72. The van der Waals surface area contributed by atoms with E-state index < -0.39 is 6.29 Å². The Kier molecular flexibility index (Phi) is 0.868. The molecule has 2 saturated carbocycles. The number of hydrogen-bond donors (Lipinski definition) is 1. The van der Waals surface area contributed by atoms with Gasteiger partial charge in [0, 0.05) is 5.92 Å². The van der Waals surface area contributed by atoms with Gasteiger partial charge in [-0.05, 0) is 31.1 Å². The number of ether oxygens (including phenoxy) is 1. The molecule has 3 rings (SSSR count). The van der Waals surface area contributed by atoms with E-state index in [1.807, 2.05) is 0 Å². The molecule has 1 aliphatic heterocycles. The molecule has 0 unspecified atom stereocenters. The SMILES string of the molecule is O[C@@H]1O[C@@H]2CC[C@@H]3C[C@H]1[C@@H]32. The predicted octanol–water partition coefficient (Wildman–Crippen LogP) is 0.750. The third kappa shape index (κ3) is 0.453. The molecule has 2 nitrogen and oxygen atoms in total. The molecule has 1 heterocycles. The molecule has 0 spiro atoms. The molecule has 5 atom stereocenters. The second-order valence-corrected chi connectivity index (χ2v) is 3.88. The Balaban J connectivity index is 1.92. The van der Waals surface area contributed by atoms with Crippen LogP contribution in [-0.4, -0.2) is 17.5 Å². The Morgan fingerprint density at radius 2 is 2.20 bits per heavy atom. The lowest BCUT2D eigenvalue weighted by atomic mass is 9.67. The highest BCUT2D eigenvalue weighted by Crippen LogP contribution is 2.58. The molecule has 0 bridgehead atoms. The normalized spacial score (nSPS) is 63.9. The summed E-state index contributed by atoms with van der Waals surface area (Å²) in [7, 11) is 0. The first-order chi connectivity index (χ1) is 4.86. The summed E-state index contributed by atoms with van der Waals surface area (Å²) in [5, 5.41) is 9.32. The maximum Gasteiger partial charge on any atom is 0.158 e. The lowest BCUT2D eigenvalue weighted by molar-refractivity contribution is -0.117. The van der Waals surface area contributed by atoms with Crippen LogP contribution in [0.1, 0.15) is 19.3 Å². The number of aliphatic hydroxyl groups excluding tert-OH is 1. The van der Waals surface area contributed by atoms with Crippen LogP contribution in [0.25, 0.3) is 0 Å². The average molecular weight is 140 g/mol. The van der Waals surface area contributed by atoms with Crippen molar-refractivity contribution in [3.63, 3.8) is 0 Å². The largest absolute Gasteiger partial charge is 0.368 e. The van der Waals surface area contributed by atoms with Crippen molar-refractivity contribution < 1.29 is 9.84 Å². The molecule has 2 heteroatoms. The van der Waals surface area contributed by atoms with Crippen LogP contribution >= 0.6 is 0 Å². The minimum atomic E-state index is -0.411. The van der Waals surface area contributed by atoms with E-state index in [1.165, 1.54) is 19.3 Å². The van der Waals surface area contributed by atoms with E-state index in [9.17, 15) is 5.11 Å². The topological polar surface area (TPSA) is 29.5 Å². The van der Waals surface area contributed by atoms with Crippen molar-refractivity contribution in [1.29, 1.82) is 0 Å². The zero-order valence-corrected chi connectivity index (χ0v) is 5.86. The molecule has 0 aromatic rings. The summed E-state index contributed by atoms with van der Waals surface area (Å²) < 4.78 is 5.39. The van der Waals surface area contributed by atoms with Crippen molar-refractivity contribution in [2.24, 2.45) is 17.8 Å². The van der Waals surface area contributed by atoms with Crippen LogP contribution in [-0.2, 0) is 4.74 Å². The fraction of sp³-hybridized carbons (Fsp3) is 1.00. The molecule has 2 aliphatic carbocycles. The number of hydrogen-bond acceptors (Lipinski definition) is 2. The Bertz CT molecular complexity index is 167. The van der Waals surface area contributed by atoms with Gasteiger partial charge in [-0.3, -0.25) is 0 Å². The van der Waals surface area contributed by atoms with Gasteiger partial charge in [-0.15, -0.1) is 0 Å². The molecule has 3 aliphatic rings. The van der Waals surface area contributed by atoms with E-state index in [4.69, 9.17) is 4.74 Å². The van der Waals surface area contributed by atoms with Gasteiger partial charge >= 0.3 is 0 Å². The van der Waals surface area contributed by atoms with Crippen LogP contribution in [0.4, 0.5) is 0 Å². The van der Waals surface area contributed by atoms with Crippen molar-refractivity contribution in [3.8, 4) is 0 Å². The average Bonchev–Trinajstić information content (AvgIpc) is 2.14. The Morgan fingerprint density at radius 3 is 3.00 bits per heavy atom. The molecule has 3 fully saturated rings. The van der Waals surface area contributed by atoms with E-state index in [-0.39, 0.29) is 0 Å². The summed E-state index contributed by atoms with van der Waals surface area (Å²) in [5.41, 5.74) is 0. The van der Waals surface area contributed by atoms with Crippen molar-refractivity contribution in [2.75, 3.05) is 0 Å². The second-order valence-electron chi connectivity index (χ2n) is 3.88. The first kappa shape index (κ1) is 5.56. The highest BCUT2D eigenvalue weighted by atomic mass is 16.6. The Hall–Kier alpha value is -0.0800. The fourth-order valence-corrected chi connectivity index (χ4v) is 3.02. The molecule has 56 valence electrons. The van der Waals surface area contributed by atoms with Gasteiger partial charge in [0.05, 0.1) is 6.10 Å². The third-order valence-corrected chi connectivity index (χ3v) is 3.55. The Morgan fingerprint density at radius 1 is 1.30 bits per heavy atom. The highest BCUT2D eigenvalue weighted by Gasteiger charge is 2.58. The smallest absolute Gasteiger partial charge is 0.158 e. The summed E-state index contributed by atoms with van der Waals surface area (Å²) in [4.78, 5) is 0. The van der Waals surface area contributed by atoms with Gasteiger partial charge < -0.3 is 9.84 Å². The van der Waals surface area contributed by atoms with Crippen LogP contribution in [0.2, 0.25) is 0 Å². The minimum absolute atomic E-state index is 0.411. The van der Waals surface area contributed by atoms with E-state index in [1.54, 1.807) is 0 Å². The van der Waals surface area contributed by atoms with Gasteiger partial charge in [-0.1, -0.05) is 0 Å². The van der Waals surface area contributed by atoms with Gasteiger partial charge in [-0.25, -0.2) is 0 Å². The summed E-state index contributed by atoms with van der Waals surface area (Å²) >= 11 is 0. The lowest BCUT2D eigenvalue weighted by Crippen LogP contribution is -2.36. The standard InChI is InChI=1S/C8H12O2/c9-8-5-3-4-1-2-6(10-8)7(4)5/h4-9H,1-3H2/t4-,5+,6-,7-,8-/m1/s1. The molecule has 0 aromatic heterocycles. The molecule has 10 heavy (non-hydrogen) atoms. The van der Waals surface area contributed by atoms with E-state index >= 15 is 0 Å². The number of rotatable bonds is 0. The fourth-order valence-electron chi connectivity index (χ4n) is 3.02. The maximum absolute atomic E-state index is 9.32. The lowest BCUT2D eigenvalue weighted by Gasteiger charge is -2.36.